The molecular weight excluding hydrogens is 148 g/mol. The number of nitrogens with zero attached hydrogens (tertiary/aromatic N) is 2. The van der Waals surface area contributed by atoms with Crippen molar-refractivity contribution in [3.63, 3.8) is 0 Å². The maximum atomic E-state index is 4.37. The van der Waals surface area contributed by atoms with Crippen LogP contribution in [0.25, 0.3) is 11.0 Å². The Morgan fingerprint density at radius 3 is 3.08 bits per heavy atom. The van der Waals surface area contributed by atoms with Gasteiger partial charge in [0.1, 0.15) is 5.65 Å². The Hall–Kier alpha value is -1.31. The highest BCUT2D eigenvalue weighted by molar-refractivity contribution is 5.75. The Morgan fingerprint density at radius 2 is 2.25 bits per heavy atom. The minimum Gasteiger partial charge on any atom is -0.329 e. The average molecular weight is 158 g/mol. The molecule has 1 saturated carbocycles. The fraction of sp³-hybridized carbons (Fsp3) is 0.300. The first-order valence-corrected chi connectivity index (χ1v) is 4.37. The van der Waals surface area contributed by atoms with Crippen molar-refractivity contribution < 1.29 is 0 Å². The van der Waals surface area contributed by atoms with Gasteiger partial charge in [0.05, 0.1) is 0 Å². The summed E-state index contributed by atoms with van der Waals surface area (Å²) < 4.78 is 2.29. The maximum Gasteiger partial charge on any atom is 0.140 e. The Bertz CT molecular complexity index is 412. The van der Waals surface area contributed by atoms with Crippen molar-refractivity contribution in [2.75, 3.05) is 0 Å². The van der Waals surface area contributed by atoms with Crippen molar-refractivity contribution in [1.29, 1.82) is 0 Å². The SMILES string of the molecule is c1cnc2c(c1)ccn2C1CC1. The van der Waals surface area contributed by atoms with Crippen LogP contribution in [-0.2, 0) is 0 Å². The second kappa shape index (κ2) is 2.09. The number of rotatable bonds is 1. The molecular formula is C10H10N2. The molecule has 60 valence electrons. The summed E-state index contributed by atoms with van der Waals surface area (Å²) in [6.45, 7) is 0. The van der Waals surface area contributed by atoms with E-state index in [1.807, 2.05) is 12.3 Å². The lowest BCUT2D eigenvalue weighted by Crippen LogP contribution is -1.91. The van der Waals surface area contributed by atoms with Gasteiger partial charge in [-0.15, -0.1) is 0 Å². The van der Waals surface area contributed by atoms with Crippen molar-refractivity contribution >= 4 is 11.0 Å². The Labute approximate surface area is 70.8 Å². The van der Waals surface area contributed by atoms with Gasteiger partial charge < -0.3 is 4.57 Å². The maximum absolute atomic E-state index is 4.37. The van der Waals surface area contributed by atoms with Gasteiger partial charge in [-0.3, -0.25) is 0 Å². The summed E-state index contributed by atoms with van der Waals surface area (Å²) in [6, 6.07) is 6.97. The van der Waals surface area contributed by atoms with Gasteiger partial charge in [-0.1, -0.05) is 0 Å². The molecule has 0 unspecified atom stereocenters. The van der Waals surface area contributed by atoms with Crippen molar-refractivity contribution in [2.24, 2.45) is 0 Å². The molecule has 0 bridgehead atoms. The van der Waals surface area contributed by atoms with Crippen LogP contribution in [-0.4, -0.2) is 9.55 Å². The monoisotopic (exact) mass is 158 g/mol. The quantitative estimate of drug-likeness (QED) is 0.623. The molecule has 0 N–H and O–H groups in total. The van der Waals surface area contributed by atoms with E-state index in [1.54, 1.807) is 0 Å². The predicted octanol–water partition coefficient (Wildman–Crippen LogP) is 2.37. The first-order chi connectivity index (χ1) is 5.95. The summed E-state index contributed by atoms with van der Waals surface area (Å²) >= 11 is 0. The average Bonchev–Trinajstić information content (AvgIpc) is 2.86. The number of hydrogen-bond acceptors (Lipinski definition) is 1. The first-order valence-electron chi connectivity index (χ1n) is 4.37. The molecule has 0 aliphatic heterocycles. The zero-order valence-electron chi connectivity index (χ0n) is 6.77. The van der Waals surface area contributed by atoms with Gasteiger partial charge in [0.2, 0.25) is 0 Å². The summed E-state index contributed by atoms with van der Waals surface area (Å²) in [5.74, 6) is 0. The molecule has 0 aromatic carbocycles. The van der Waals surface area contributed by atoms with E-state index < -0.39 is 0 Å². The van der Waals surface area contributed by atoms with Crippen molar-refractivity contribution in [1.82, 2.24) is 9.55 Å². The zero-order chi connectivity index (χ0) is 7.97. The Kier molecular flexibility index (Phi) is 1.09. The van der Waals surface area contributed by atoms with Gasteiger partial charge in [-0.05, 0) is 31.0 Å². The van der Waals surface area contributed by atoms with Crippen LogP contribution >= 0.6 is 0 Å². The third kappa shape index (κ3) is 0.779. The summed E-state index contributed by atoms with van der Waals surface area (Å²) in [7, 11) is 0. The number of fused-ring (bicyclic) bond motifs is 1. The van der Waals surface area contributed by atoms with Crippen LogP contribution in [0.2, 0.25) is 0 Å². The van der Waals surface area contributed by atoms with Crippen LogP contribution in [0.5, 0.6) is 0 Å². The second-order valence-electron chi connectivity index (χ2n) is 3.37. The molecule has 2 aromatic rings. The molecule has 0 atom stereocenters. The normalized spacial score (nSPS) is 17.0. The lowest BCUT2D eigenvalue weighted by atomic mass is 10.3. The summed E-state index contributed by atoms with van der Waals surface area (Å²) in [5, 5.41) is 1.25. The molecule has 1 fully saturated rings. The minimum absolute atomic E-state index is 0.734. The molecule has 2 nitrogen and oxygen atoms in total. The second-order valence-corrected chi connectivity index (χ2v) is 3.37. The van der Waals surface area contributed by atoms with Crippen molar-refractivity contribution in [3.05, 3.63) is 30.6 Å². The molecule has 12 heavy (non-hydrogen) atoms. The van der Waals surface area contributed by atoms with Crippen LogP contribution in [0.15, 0.2) is 30.6 Å². The van der Waals surface area contributed by atoms with Gasteiger partial charge in [0.15, 0.2) is 0 Å². The smallest absolute Gasteiger partial charge is 0.140 e. The van der Waals surface area contributed by atoms with Gasteiger partial charge in [0, 0.05) is 23.8 Å². The standard InChI is InChI=1S/C10H10N2/c1-2-8-5-7-12(9-3-4-9)10(8)11-6-1/h1-2,5-7,9H,3-4H2. The van der Waals surface area contributed by atoms with E-state index in [0.717, 1.165) is 11.7 Å². The van der Waals surface area contributed by atoms with Crippen LogP contribution < -0.4 is 0 Å². The topological polar surface area (TPSA) is 17.8 Å². The van der Waals surface area contributed by atoms with Crippen LogP contribution in [0.4, 0.5) is 0 Å². The molecule has 1 aliphatic carbocycles. The van der Waals surface area contributed by atoms with E-state index in [0.29, 0.717) is 0 Å². The Balaban J connectivity index is 2.30. The van der Waals surface area contributed by atoms with E-state index in [9.17, 15) is 0 Å². The number of pyridine rings is 1. The molecule has 2 heterocycles. The fourth-order valence-electron chi connectivity index (χ4n) is 1.63. The minimum atomic E-state index is 0.734. The van der Waals surface area contributed by atoms with Crippen LogP contribution in [0, 0.1) is 0 Å². The van der Waals surface area contributed by atoms with Crippen molar-refractivity contribution in [2.45, 2.75) is 18.9 Å². The first kappa shape index (κ1) is 6.23. The highest BCUT2D eigenvalue weighted by Gasteiger charge is 2.24. The summed E-state index contributed by atoms with van der Waals surface area (Å²) in [4.78, 5) is 4.37. The molecule has 2 aromatic heterocycles. The van der Waals surface area contributed by atoms with Crippen LogP contribution in [0.3, 0.4) is 0 Å². The number of aromatic nitrogens is 2. The Morgan fingerprint density at radius 1 is 1.33 bits per heavy atom. The predicted molar refractivity (Wildman–Crippen MR) is 48.0 cm³/mol. The highest BCUT2D eigenvalue weighted by Crippen LogP contribution is 2.36. The lowest BCUT2D eigenvalue weighted by Gasteiger charge is -1.99. The molecule has 3 rings (SSSR count). The molecule has 0 saturated heterocycles. The van der Waals surface area contributed by atoms with Gasteiger partial charge >= 0.3 is 0 Å². The largest absolute Gasteiger partial charge is 0.329 e. The third-order valence-corrected chi connectivity index (χ3v) is 2.42. The van der Waals surface area contributed by atoms with Gasteiger partial charge in [-0.2, -0.15) is 0 Å². The van der Waals surface area contributed by atoms with Crippen molar-refractivity contribution in [3.8, 4) is 0 Å². The summed E-state index contributed by atoms with van der Waals surface area (Å²) in [6.07, 6.45) is 6.65. The van der Waals surface area contributed by atoms with Gasteiger partial charge in [0.25, 0.3) is 0 Å². The zero-order valence-corrected chi connectivity index (χ0v) is 6.77. The fourth-order valence-corrected chi connectivity index (χ4v) is 1.63. The lowest BCUT2D eigenvalue weighted by molar-refractivity contribution is 0.766. The van der Waals surface area contributed by atoms with E-state index >= 15 is 0 Å². The molecule has 2 heteroatoms. The third-order valence-electron chi connectivity index (χ3n) is 2.42. The molecule has 1 aliphatic rings. The van der Waals surface area contributed by atoms with Gasteiger partial charge in [-0.25, -0.2) is 4.98 Å². The molecule has 0 spiro atoms. The highest BCUT2D eigenvalue weighted by atomic mass is 15.1. The molecule has 0 radical (unpaired) electrons. The van der Waals surface area contributed by atoms with E-state index in [4.69, 9.17) is 0 Å². The van der Waals surface area contributed by atoms with Crippen LogP contribution in [0.1, 0.15) is 18.9 Å². The molecule has 0 amide bonds. The van der Waals surface area contributed by atoms with E-state index in [2.05, 4.69) is 27.9 Å². The number of hydrogen-bond donors (Lipinski definition) is 0. The van der Waals surface area contributed by atoms with E-state index in [-0.39, 0.29) is 0 Å². The summed E-state index contributed by atoms with van der Waals surface area (Å²) in [5.41, 5.74) is 1.14. The van der Waals surface area contributed by atoms with E-state index in [1.165, 1.54) is 18.2 Å².